The van der Waals surface area contributed by atoms with Crippen molar-refractivity contribution >= 4 is 16.7 Å². The first-order chi connectivity index (χ1) is 15.0. The predicted molar refractivity (Wildman–Crippen MR) is 124 cm³/mol. The summed E-state index contributed by atoms with van der Waals surface area (Å²) in [7, 11) is 3.89. The van der Waals surface area contributed by atoms with Gasteiger partial charge in [0.2, 0.25) is 0 Å². The smallest absolute Gasteiger partial charge is 0.179 e. The van der Waals surface area contributed by atoms with Crippen LogP contribution in [0, 0.1) is 13.8 Å². The van der Waals surface area contributed by atoms with E-state index in [-0.39, 0.29) is 6.04 Å². The number of hydrogen-bond acceptors (Lipinski definition) is 6. The van der Waals surface area contributed by atoms with Crippen molar-refractivity contribution < 1.29 is 4.74 Å². The molecule has 2 aromatic heterocycles. The van der Waals surface area contributed by atoms with Gasteiger partial charge in [-0.3, -0.25) is 0 Å². The van der Waals surface area contributed by atoms with Gasteiger partial charge in [-0.15, -0.1) is 5.10 Å². The van der Waals surface area contributed by atoms with E-state index in [0.29, 0.717) is 6.61 Å². The summed E-state index contributed by atoms with van der Waals surface area (Å²) in [6.07, 6.45) is 0.738. The van der Waals surface area contributed by atoms with E-state index < -0.39 is 0 Å². The maximum atomic E-state index is 6.29. The van der Waals surface area contributed by atoms with Crippen LogP contribution in [0.15, 0.2) is 54.6 Å². The predicted octanol–water partition coefficient (Wildman–Crippen LogP) is 3.97. The molecule has 0 aliphatic carbocycles. The van der Waals surface area contributed by atoms with Gasteiger partial charge in [0.05, 0.1) is 29.1 Å². The van der Waals surface area contributed by atoms with Gasteiger partial charge in [-0.05, 0) is 31.5 Å². The number of rotatable bonds is 7. The van der Waals surface area contributed by atoms with Crippen LogP contribution in [0.1, 0.15) is 29.4 Å². The van der Waals surface area contributed by atoms with Crippen molar-refractivity contribution in [1.29, 1.82) is 0 Å². The number of aromatic nitrogens is 4. The second kappa shape index (κ2) is 8.73. The van der Waals surface area contributed by atoms with Crippen LogP contribution in [-0.4, -0.2) is 40.7 Å². The van der Waals surface area contributed by atoms with Gasteiger partial charge in [0.15, 0.2) is 5.82 Å². The van der Waals surface area contributed by atoms with Crippen LogP contribution < -0.4 is 15.4 Å². The molecule has 1 atom stereocenters. The largest absolute Gasteiger partial charge is 0.493 e. The van der Waals surface area contributed by atoms with Gasteiger partial charge in [-0.1, -0.05) is 36.4 Å². The Bertz CT molecular complexity index is 1190. The topological polar surface area (TPSA) is 82.1 Å². The minimum absolute atomic E-state index is 0.0459. The SMILES string of the molecule is Cc1nnc(N(C)C)c2nn(-c3cccc(OCCC(N)c4ccccc4)c3)c(C)c12. The molecule has 7 heteroatoms. The Morgan fingerprint density at radius 1 is 1.03 bits per heavy atom. The van der Waals surface area contributed by atoms with E-state index in [1.807, 2.05) is 85.2 Å². The highest BCUT2D eigenvalue weighted by Crippen LogP contribution is 2.29. The van der Waals surface area contributed by atoms with Crippen LogP contribution in [0.25, 0.3) is 16.6 Å². The Morgan fingerprint density at radius 3 is 2.55 bits per heavy atom. The summed E-state index contributed by atoms with van der Waals surface area (Å²) in [5, 5.41) is 14.5. The van der Waals surface area contributed by atoms with Gasteiger partial charge >= 0.3 is 0 Å². The minimum Gasteiger partial charge on any atom is -0.493 e. The molecule has 7 nitrogen and oxygen atoms in total. The molecular formula is C24H28N6O. The molecule has 0 spiro atoms. The Labute approximate surface area is 182 Å². The van der Waals surface area contributed by atoms with Crippen molar-refractivity contribution in [2.75, 3.05) is 25.6 Å². The quantitative estimate of drug-likeness (QED) is 0.491. The molecular weight excluding hydrogens is 388 g/mol. The molecule has 2 N–H and O–H groups in total. The molecule has 2 aromatic carbocycles. The Balaban J connectivity index is 1.56. The van der Waals surface area contributed by atoms with Gasteiger partial charge in [-0.25, -0.2) is 4.68 Å². The van der Waals surface area contributed by atoms with E-state index in [1.54, 1.807) is 0 Å². The van der Waals surface area contributed by atoms with Crippen LogP contribution in [0.4, 0.5) is 5.82 Å². The fourth-order valence-electron chi connectivity index (χ4n) is 3.74. The Morgan fingerprint density at radius 2 is 1.81 bits per heavy atom. The van der Waals surface area contributed by atoms with Crippen LogP contribution in [-0.2, 0) is 0 Å². The van der Waals surface area contributed by atoms with Crippen molar-refractivity contribution in [3.05, 3.63) is 71.5 Å². The lowest BCUT2D eigenvalue weighted by molar-refractivity contribution is 0.298. The Kier molecular flexibility index (Phi) is 5.86. The van der Waals surface area contributed by atoms with Gasteiger partial charge < -0.3 is 15.4 Å². The zero-order chi connectivity index (χ0) is 22.0. The summed E-state index contributed by atoms with van der Waals surface area (Å²) in [6, 6.07) is 18.0. The third-order valence-corrected chi connectivity index (χ3v) is 5.40. The second-order valence-corrected chi connectivity index (χ2v) is 7.88. The molecule has 0 aliphatic rings. The average molecular weight is 417 g/mol. The van der Waals surface area contributed by atoms with Crippen molar-refractivity contribution in [3.63, 3.8) is 0 Å². The molecule has 4 aromatic rings. The third kappa shape index (κ3) is 4.22. The van der Waals surface area contributed by atoms with Crippen LogP contribution in [0.5, 0.6) is 5.75 Å². The lowest BCUT2D eigenvalue weighted by atomic mass is 10.1. The summed E-state index contributed by atoms with van der Waals surface area (Å²) >= 11 is 0. The molecule has 0 saturated carbocycles. The maximum absolute atomic E-state index is 6.29. The van der Waals surface area contributed by atoms with Gasteiger partial charge in [0.25, 0.3) is 0 Å². The van der Waals surface area contributed by atoms with Crippen LogP contribution >= 0.6 is 0 Å². The number of aryl methyl sites for hydroxylation is 2. The number of benzene rings is 2. The van der Waals surface area contributed by atoms with Crippen molar-refractivity contribution in [3.8, 4) is 11.4 Å². The molecule has 2 heterocycles. The summed E-state index contributed by atoms with van der Waals surface area (Å²) < 4.78 is 7.93. The highest BCUT2D eigenvalue weighted by molar-refractivity contribution is 5.92. The molecule has 31 heavy (non-hydrogen) atoms. The third-order valence-electron chi connectivity index (χ3n) is 5.40. The zero-order valence-electron chi connectivity index (χ0n) is 18.4. The molecule has 0 amide bonds. The second-order valence-electron chi connectivity index (χ2n) is 7.88. The van der Waals surface area contributed by atoms with E-state index in [9.17, 15) is 0 Å². The number of anilines is 1. The van der Waals surface area contributed by atoms with Crippen molar-refractivity contribution in [2.45, 2.75) is 26.3 Å². The standard InChI is InChI=1S/C24H28N6O/c1-16-22-17(2)30(28-23(22)24(27-26-16)29(3)4)19-11-8-12-20(15-19)31-14-13-21(25)18-9-6-5-7-10-18/h5-12,15,21H,13-14,25H2,1-4H3. The minimum atomic E-state index is -0.0459. The van der Waals surface area contributed by atoms with Crippen LogP contribution in [0.3, 0.4) is 0 Å². The first-order valence-corrected chi connectivity index (χ1v) is 10.4. The fraction of sp³-hybridized carbons (Fsp3) is 0.292. The average Bonchev–Trinajstić information content (AvgIpc) is 3.12. The van der Waals surface area contributed by atoms with Crippen LogP contribution in [0.2, 0.25) is 0 Å². The number of hydrogen-bond donors (Lipinski definition) is 1. The summed E-state index contributed by atoms with van der Waals surface area (Å²) in [5.41, 5.74) is 11.1. The maximum Gasteiger partial charge on any atom is 0.179 e. The molecule has 0 saturated heterocycles. The molecule has 0 aliphatic heterocycles. The molecule has 0 fully saturated rings. The van der Waals surface area contributed by atoms with Crippen molar-refractivity contribution in [2.24, 2.45) is 5.73 Å². The number of ether oxygens (including phenoxy) is 1. The number of nitrogens with two attached hydrogens (primary N) is 1. The highest BCUT2D eigenvalue weighted by Gasteiger charge is 2.18. The van der Waals surface area contributed by atoms with Crippen molar-refractivity contribution in [1.82, 2.24) is 20.0 Å². The monoisotopic (exact) mass is 416 g/mol. The highest BCUT2D eigenvalue weighted by atomic mass is 16.5. The first-order valence-electron chi connectivity index (χ1n) is 10.4. The first kappa shape index (κ1) is 20.8. The molecule has 4 rings (SSSR count). The van der Waals surface area contributed by atoms with E-state index in [2.05, 4.69) is 17.1 Å². The zero-order valence-corrected chi connectivity index (χ0v) is 18.4. The Hall–Kier alpha value is -3.45. The lowest BCUT2D eigenvalue weighted by Crippen LogP contribution is -2.14. The van der Waals surface area contributed by atoms with E-state index in [1.165, 1.54) is 0 Å². The summed E-state index contributed by atoms with van der Waals surface area (Å²) in [6.45, 7) is 4.55. The van der Waals surface area contributed by atoms with E-state index in [0.717, 1.165) is 51.5 Å². The number of nitrogens with zero attached hydrogens (tertiary/aromatic N) is 5. The normalized spacial score (nSPS) is 12.2. The molecule has 1 unspecified atom stereocenters. The van der Waals surface area contributed by atoms with E-state index >= 15 is 0 Å². The van der Waals surface area contributed by atoms with E-state index in [4.69, 9.17) is 15.6 Å². The number of fused-ring (bicyclic) bond motifs is 1. The fourth-order valence-corrected chi connectivity index (χ4v) is 3.74. The van der Waals surface area contributed by atoms with Gasteiger partial charge in [0, 0.05) is 32.6 Å². The van der Waals surface area contributed by atoms with Gasteiger partial charge in [0.1, 0.15) is 11.3 Å². The lowest BCUT2D eigenvalue weighted by Gasteiger charge is -2.13. The van der Waals surface area contributed by atoms with Gasteiger partial charge in [-0.2, -0.15) is 10.2 Å². The molecule has 160 valence electrons. The summed E-state index contributed by atoms with van der Waals surface area (Å²) in [4.78, 5) is 1.93. The molecule has 0 radical (unpaired) electrons. The summed E-state index contributed by atoms with van der Waals surface area (Å²) in [5.74, 6) is 1.54. The molecule has 0 bridgehead atoms.